The summed E-state index contributed by atoms with van der Waals surface area (Å²) in [6.45, 7) is 4.05. The van der Waals surface area contributed by atoms with Gasteiger partial charge in [-0.15, -0.1) is 0 Å². The Morgan fingerprint density at radius 3 is 2.42 bits per heavy atom. The highest BCUT2D eigenvalue weighted by Crippen LogP contribution is 2.37. The van der Waals surface area contributed by atoms with Gasteiger partial charge in [0.1, 0.15) is 0 Å². The molecule has 1 N–H and O–H groups in total. The summed E-state index contributed by atoms with van der Waals surface area (Å²) < 4.78 is 11.0. The lowest BCUT2D eigenvalue weighted by molar-refractivity contribution is -0.123. The van der Waals surface area contributed by atoms with Crippen molar-refractivity contribution < 1.29 is 14.3 Å². The lowest BCUT2D eigenvalue weighted by atomic mass is 9.88. The number of hydrogen-bond acceptors (Lipinski definition) is 5. The molecular formula is C32H39N3O3. The second kappa shape index (κ2) is 12.4. The molecule has 1 saturated heterocycles. The fourth-order valence-corrected chi connectivity index (χ4v) is 5.80. The fourth-order valence-electron chi connectivity index (χ4n) is 5.80. The third-order valence-corrected chi connectivity index (χ3v) is 7.87. The van der Waals surface area contributed by atoms with E-state index in [1.165, 1.54) is 36.1 Å². The number of carbonyl (C=O) groups excluding carboxylic acids is 1. The van der Waals surface area contributed by atoms with Gasteiger partial charge in [0.05, 0.1) is 20.8 Å². The molecule has 1 amide bonds. The predicted molar refractivity (Wildman–Crippen MR) is 152 cm³/mol. The zero-order valence-corrected chi connectivity index (χ0v) is 22.6. The van der Waals surface area contributed by atoms with E-state index < -0.39 is 0 Å². The molecule has 2 aliphatic heterocycles. The number of ether oxygens (including phenoxy) is 2. The molecule has 1 fully saturated rings. The van der Waals surface area contributed by atoms with Crippen LogP contribution in [0.2, 0.25) is 0 Å². The smallest absolute Gasteiger partial charge is 0.234 e. The minimum atomic E-state index is 0.0551. The van der Waals surface area contributed by atoms with Gasteiger partial charge < -0.3 is 19.7 Å². The van der Waals surface area contributed by atoms with Gasteiger partial charge in [0, 0.05) is 37.9 Å². The highest BCUT2D eigenvalue weighted by atomic mass is 16.5. The monoisotopic (exact) mass is 513 g/mol. The molecule has 0 bridgehead atoms. The summed E-state index contributed by atoms with van der Waals surface area (Å²) >= 11 is 0. The summed E-state index contributed by atoms with van der Waals surface area (Å²) in [6, 6.07) is 23.3. The Kier molecular flexibility index (Phi) is 8.49. The number of carbonyl (C=O) groups is 1. The van der Waals surface area contributed by atoms with E-state index in [2.05, 4.69) is 45.4 Å². The van der Waals surface area contributed by atoms with Crippen LogP contribution in [-0.4, -0.2) is 51.2 Å². The third-order valence-electron chi connectivity index (χ3n) is 7.87. The molecule has 2 aliphatic rings. The first kappa shape index (κ1) is 26.1. The standard InChI is InChI=1S/C32H39N3O3/c1-37-30-14-11-25(20-31(30)38-2)19-29-28-13-12-27(34-16-7-4-8-17-34)21-26(28)15-18-35(29)23-32(36)33-22-24-9-5-3-6-10-24/h3,5-6,9-14,20-21,29H,4,7-8,15-19,22-23H2,1-2H3,(H,33,36). The van der Waals surface area contributed by atoms with Crippen molar-refractivity contribution in [2.75, 3.05) is 45.3 Å². The van der Waals surface area contributed by atoms with E-state index in [1.54, 1.807) is 14.2 Å². The number of anilines is 1. The Bertz CT molecular complexity index is 1220. The molecule has 38 heavy (non-hydrogen) atoms. The maximum Gasteiger partial charge on any atom is 0.234 e. The molecule has 1 unspecified atom stereocenters. The van der Waals surface area contributed by atoms with Gasteiger partial charge in [-0.05, 0) is 78.6 Å². The van der Waals surface area contributed by atoms with E-state index in [0.717, 1.165) is 55.1 Å². The lowest BCUT2D eigenvalue weighted by Gasteiger charge is -2.38. The summed E-state index contributed by atoms with van der Waals surface area (Å²) in [4.78, 5) is 17.9. The number of nitrogens with one attached hydrogen (secondary N) is 1. The number of methoxy groups -OCH3 is 2. The summed E-state index contributed by atoms with van der Waals surface area (Å²) in [5, 5.41) is 3.12. The van der Waals surface area contributed by atoms with Gasteiger partial charge >= 0.3 is 0 Å². The topological polar surface area (TPSA) is 54.0 Å². The van der Waals surface area contributed by atoms with Crippen LogP contribution in [0.3, 0.4) is 0 Å². The van der Waals surface area contributed by atoms with Gasteiger partial charge in [0.15, 0.2) is 11.5 Å². The van der Waals surface area contributed by atoms with E-state index in [-0.39, 0.29) is 11.9 Å². The summed E-state index contributed by atoms with van der Waals surface area (Å²) in [7, 11) is 3.33. The van der Waals surface area contributed by atoms with Gasteiger partial charge in [-0.1, -0.05) is 42.5 Å². The van der Waals surface area contributed by atoms with E-state index >= 15 is 0 Å². The van der Waals surface area contributed by atoms with Crippen molar-refractivity contribution in [3.8, 4) is 11.5 Å². The molecule has 3 aromatic rings. The van der Waals surface area contributed by atoms with E-state index in [4.69, 9.17) is 9.47 Å². The highest BCUT2D eigenvalue weighted by molar-refractivity contribution is 5.78. The molecule has 3 aromatic carbocycles. The zero-order valence-electron chi connectivity index (χ0n) is 22.6. The lowest BCUT2D eigenvalue weighted by Crippen LogP contribution is -2.43. The second-order valence-corrected chi connectivity index (χ2v) is 10.3. The van der Waals surface area contributed by atoms with E-state index in [1.807, 2.05) is 36.4 Å². The number of fused-ring (bicyclic) bond motifs is 1. The summed E-state index contributed by atoms with van der Waals surface area (Å²) in [6.07, 6.45) is 5.61. The minimum Gasteiger partial charge on any atom is -0.493 e. The van der Waals surface area contributed by atoms with Crippen LogP contribution in [0.25, 0.3) is 0 Å². The zero-order chi connectivity index (χ0) is 26.3. The Morgan fingerprint density at radius 2 is 1.66 bits per heavy atom. The van der Waals surface area contributed by atoms with Crippen LogP contribution >= 0.6 is 0 Å². The Morgan fingerprint density at radius 1 is 0.868 bits per heavy atom. The van der Waals surface area contributed by atoms with Gasteiger partial charge in [-0.2, -0.15) is 0 Å². The van der Waals surface area contributed by atoms with E-state index in [9.17, 15) is 4.79 Å². The molecule has 0 aromatic heterocycles. The van der Waals surface area contributed by atoms with Crippen molar-refractivity contribution in [3.05, 3.63) is 89.0 Å². The average molecular weight is 514 g/mol. The molecule has 0 aliphatic carbocycles. The van der Waals surface area contributed by atoms with Crippen molar-refractivity contribution >= 4 is 11.6 Å². The minimum absolute atomic E-state index is 0.0551. The molecular weight excluding hydrogens is 474 g/mol. The molecule has 0 saturated carbocycles. The van der Waals surface area contributed by atoms with E-state index in [0.29, 0.717) is 13.1 Å². The summed E-state index contributed by atoms with van der Waals surface area (Å²) in [5.74, 6) is 1.51. The molecule has 200 valence electrons. The normalized spacial score (nSPS) is 17.5. The van der Waals surface area contributed by atoms with Crippen LogP contribution in [0.4, 0.5) is 5.69 Å². The first-order valence-corrected chi connectivity index (χ1v) is 13.8. The number of hydrogen-bond donors (Lipinski definition) is 1. The van der Waals surface area contributed by atoms with Crippen molar-refractivity contribution in [3.63, 3.8) is 0 Å². The fraction of sp³-hybridized carbons (Fsp3) is 0.406. The van der Waals surface area contributed by atoms with Crippen LogP contribution in [0, 0.1) is 0 Å². The summed E-state index contributed by atoms with van der Waals surface area (Å²) in [5.41, 5.74) is 6.33. The molecule has 0 spiro atoms. The van der Waals surface area contributed by atoms with Gasteiger partial charge in [-0.25, -0.2) is 0 Å². The number of rotatable bonds is 9. The third kappa shape index (κ3) is 6.13. The van der Waals surface area contributed by atoms with Crippen LogP contribution in [0.1, 0.15) is 47.6 Å². The molecule has 2 heterocycles. The number of amides is 1. The van der Waals surface area contributed by atoms with Crippen LogP contribution < -0.4 is 19.7 Å². The second-order valence-electron chi connectivity index (χ2n) is 10.3. The predicted octanol–water partition coefficient (Wildman–Crippen LogP) is 5.15. The van der Waals surface area contributed by atoms with Crippen molar-refractivity contribution in [1.29, 1.82) is 0 Å². The van der Waals surface area contributed by atoms with Crippen molar-refractivity contribution in [1.82, 2.24) is 10.2 Å². The molecule has 6 heteroatoms. The average Bonchev–Trinajstić information content (AvgIpc) is 2.98. The Labute approximate surface area is 226 Å². The largest absolute Gasteiger partial charge is 0.493 e. The first-order valence-electron chi connectivity index (χ1n) is 13.8. The number of nitrogens with zero attached hydrogens (tertiary/aromatic N) is 2. The highest BCUT2D eigenvalue weighted by Gasteiger charge is 2.30. The quantitative estimate of drug-likeness (QED) is 0.429. The molecule has 6 nitrogen and oxygen atoms in total. The van der Waals surface area contributed by atoms with Gasteiger partial charge in [-0.3, -0.25) is 9.69 Å². The molecule has 0 radical (unpaired) electrons. The van der Waals surface area contributed by atoms with Crippen molar-refractivity contribution in [2.45, 2.75) is 44.7 Å². The number of piperidine rings is 1. The van der Waals surface area contributed by atoms with Gasteiger partial charge in [0.25, 0.3) is 0 Å². The maximum atomic E-state index is 13.0. The van der Waals surface area contributed by atoms with Crippen LogP contribution in [-0.2, 0) is 24.2 Å². The maximum absolute atomic E-state index is 13.0. The SMILES string of the molecule is COc1ccc(CC2c3ccc(N4CCCCC4)cc3CCN2CC(=O)NCc2ccccc2)cc1OC. The van der Waals surface area contributed by atoms with Crippen LogP contribution in [0.15, 0.2) is 66.7 Å². The first-order chi connectivity index (χ1) is 18.6. The Balaban J connectivity index is 1.38. The molecule has 5 rings (SSSR count). The molecule has 1 atom stereocenters. The van der Waals surface area contributed by atoms with Gasteiger partial charge in [0.2, 0.25) is 5.91 Å². The van der Waals surface area contributed by atoms with Crippen molar-refractivity contribution in [2.24, 2.45) is 0 Å². The number of benzene rings is 3. The Hall–Kier alpha value is -3.51. The van der Waals surface area contributed by atoms with Crippen LogP contribution in [0.5, 0.6) is 11.5 Å².